The van der Waals surface area contributed by atoms with Crippen LogP contribution in [0.3, 0.4) is 0 Å². The molecule has 0 bridgehead atoms. The third-order valence-corrected chi connectivity index (χ3v) is 6.93. The Morgan fingerprint density at radius 3 is 2.48 bits per heavy atom. The number of benzene rings is 2. The minimum absolute atomic E-state index is 0.00499. The Labute approximate surface area is 192 Å². The molecular formula is C23H25N3O6S. The number of sulfonamides is 1. The molecule has 0 radical (unpaired) electrons. The second-order valence-electron chi connectivity index (χ2n) is 6.92. The van der Waals surface area contributed by atoms with Gasteiger partial charge in [-0.05, 0) is 36.4 Å². The van der Waals surface area contributed by atoms with Gasteiger partial charge in [0.1, 0.15) is 5.76 Å². The Hall–Kier alpha value is -3.63. The van der Waals surface area contributed by atoms with Crippen molar-refractivity contribution < 1.29 is 27.2 Å². The maximum absolute atomic E-state index is 12.7. The number of furan rings is 1. The summed E-state index contributed by atoms with van der Waals surface area (Å²) in [5.74, 6) is -0.233. The fourth-order valence-corrected chi connectivity index (χ4v) is 4.70. The summed E-state index contributed by atoms with van der Waals surface area (Å²) in [4.78, 5) is 24.5. The van der Waals surface area contributed by atoms with Crippen molar-refractivity contribution in [2.45, 2.75) is 18.7 Å². The number of carbonyl (C=O) groups excluding carboxylic acids is 2. The van der Waals surface area contributed by atoms with Crippen molar-refractivity contribution in [3.8, 4) is 5.75 Å². The van der Waals surface area contributed by atoms with Crippen molar-refractivity contribution >= 4 is 38.9 Å². The number of nitrogens with zero attached hydrogens (tertiary/aromatic N) is 1. The van der Waals surface area contributed by atoms with Crippen molar-refractivity contribution in [3.05, 3.63) is 65.9 Å². The first-order valence-electron chi connectivity index (χ1n) is 10.2. The van der Waals surface area contributed by atoms with Gasteiger partial charge in [0.25, 0.3) is 11.8 Å². The number of nitrogens with one attached hydrogen (secondary N) is 2. The predicted octanol–water partition coefficient (Wildman–Crippen LogP) is 2.95. The molecule has 2 N–H and O–H groups in total. The van der Waals surface area contributed by atoms with Crippen LogP contribution in [0.1, 0.15) is 30.0 Å². The molecule has 2 aromatic carbocycles. The Bertz CT molecular complexity index is 1290. The summed E-state index contributed by atoms with van der Waals surface area (Å²) in [5, 5.41) is 0.822. The number of rotatable bonds is 8. The zero-order valence-corrected chi connectivity index (χ0v) is 19.3. The Kier molecular flexibility index (Phi) is 7.52. The van der Waals surface area contributed by atoms with Crippen LogP contribution in [0.2, 0.25) is 0 Å². The van der Waals surface area contributed by atoms with Crippen LogP contribution >= 0.6 is 0 Å². The Morgan fingerprint density at radius 1 is 1.06 bits per heavy atom. The number of para-hydroxylation sites is 1. The molecule has 174 valence electrons. The van der Waals surface area contributed by atoms with E-state index in [0.29, 0.717) is 30.2 Å². The van der Waals surface area contributed by atoms with Gasteiger partial charge in [0, 0.05) is 30.1 Å². The summed E-state index contributed by atoms with van der Waals surface area (Å²) in [6, 6.07) is 12.8. The van der Waals surface area contributed by atoms with Crippen LogP contribution in [0.25, 0.3) is 17.0 Å². The number of methoxy groups -OCH3 is 1. The second-order valence-corrected chi connectivity index (χ2v) is 8.86. The topological polar surface area (TPSA) is 118 Å². The minimum atomic E-state index is -3.71. The van der Waals surface area contributed by atoms with Crippen LogP contribution in [-0.4, -0.2) is 44.7 Å². The second kappa shape index (κ2) is 10.3. The van der Waals surface area contributed by atoms with Gasteiger partial charge in [-0.25, -0.2) is 8.42 Å². The fourth-order valence-electron chi connectivity index (χ4n) is 3.20. The predicted molar refractivity (Wildman–Crippen MR) is 124 cm³/mol. The first kappa shape index (κ1) is 24.0. The van der Waals surface area contributed by atoms with Crippen molar-refractivity contribution in [1.82, 2.24) is 15.2 Å². The van der Waals surface area contributed by atoms with E-state index in [0.717, 1.165) is 5.39 Å². The van der Waals surface area contributed by atoms with Gasteiger partial charge in [-0.1, -0.05) is 32.0 Å². The molecule has 1 aromatic heterocycles. The standard InChI is InChI=1S/C23H25N3O6S/c1-4-26(5-2)33(29,30)19-10-6-9-17(15-19)23(28)25-24-21(27)13-12-18-14-16-8-7-11-20(31-3)22(16)32-18/h6-15H,4-5H2,1-3H3,(H,24,27)(H,25,28)/b13-12+. The lowest BCUT2D eigenvalue weighted by molar-refractivity contribution is -0.117. The molecule has 33 heavy (non-hydrogen) atoms. The highest BCUT2D eigenvalue weighted by Crippen LogP contribution is 2.28. The van der Waals surface area contributed by atoms with Crippen LogP contribution in [-0.2, 0) is 14.8 Å². The number of hydrogen-bond acceptors (Lipinski definition) is 6. The highest BCUT2D eigenvalue weighted by Gasteiger charge is 2.22. The molecular weight excluding hydrogens is 446 g/mol. The van der Waals surface area contributed by atoms with E-state index in [1.54, 1.807) is 26.0 Å². The van der Waals surface area contributed by atoms with Gasteiger partial charge in [-0.15, -0.1) is 0 Å². The van der Waals surface area contributed by atoms with Crippen LogP contribution in [0, 0.1) is 0 Å². The smallest absolute Gasteiger partial charge is 0.269 e. The average Bonchev–Trinajstić information content (AvgIpc) is 3.25. The zero-order valence-electron chi connectivity index (χ0n) is 18.5. The molecule has 0 saturated heterocycles. The molecule has 0 aliphatic carbocycles. The lowest BCUT2D eigenvalue weighted by atomic mass is 10.2. The van der Waals surface area contributed by atoms with Crippen molar-refractivity contribution in [3.63, 3.8) is 0 Å². The summed E-state index contributed by atoms with van der Waals surface area (Å²) < 4.78 is 37.5. The third kappa shape index (κ3) is 5.41. The Balaban J connectivity index is 1.65. The lowest BCUT2D eigenvalue weighted by Crippen LogP contribution is -2.40. The number of carbonyl (C=O) groups is 2. The number of fused-ring (bicyclic) bond motifs is 1. The van der Waals surface area contributed by atoms with Crippen LogP contribution in [0.4, 0.5) is 0 Å². The van der Waals surface area contributed by atoms with E-state index in [4.69, 9.17) is 9.15 Å². The van der Waals surface area contributed by atoms with E-state index < -0.39 is 21.8 Å². The van der Waals surface area contributed by atoms with E-state index in [9.17, 15) is 18.0 Å². The van der Waals surface area contributed by atoms with E-state index in [2.05, 4.69) is 10.9 Å². The van der Waals surface area contributed by atoms with Gasteiger partial charge in [-0.3, -0.25) is 20.4 Å². The summed E-state index contributed by atoms with van der Waals surface area (Å²) in [5.41, 5.74) is 5.18. The first-order valence-corrected chi connectivity index (χ1v) is 11.7. The molecule has 0 unspecified atom stereocenters. The van der Waals surface area contributed by atoms with Gasteiger partial charge in [-0.2, -0.15) is 4.31 Å². The van der Waals surface area contributed by atoms with Crippen molar-refractivity contribution in [1.29, 1.82) is 0 Å². The SMILES string of the molecule is CCN(CC)S(=O)(=O)c1cccc(C(=O)NNC(=O)/C=C/c2cc3cccc(OC)c3o2)c1. The third-order valence-electron chi connectivity index (χ3n) is 4.88. The highest BCUT2D eigenvalue weighted by molar-refractivity contribution is 7.89. The van der Waals surface area contributed by atoms with Crippen molar-refractivity contribution in [2.75, 3.05) is 20.2 Å². The maximum atomic E-state index is 12.7. The molecule has 0 atom stereocenters. The summed E-state index contributed by atoms with van der Waals surface area (Å²) in [6.07, 6.45) is 2.66. The molecule has 9 nitrogen and oxygen atoms in total. The molecule has 3 aromatic rings. The highest BCUT2D eigenvalue weighted by atomic mass is 32.2. The molecule has 2 amide bonds. The lowest BCUT2D eigenvalue weighted by Gasteiger charge is -2.18. The van der Waals surface area contributed by atoms with Crippen LogP contribution in [0.5, 0.6) is 5.75 Å². The van der Waals surface area contributed by atoms with Crippen LogP contribution < -0.4 is 15.6 Å². The summed E-state index contributed by atoms with van der Waals surface area (Å²) in [6.45, 7) is 4.11. The number of hydrogen-bond donors (Lipinski definition) is 2. The molecule has 1 heterocycles. The minimum Gasteiger partial charge on any atom is -0.493 e. The van der Waals surface area contributed by atoms with Gasteiger partial charge >= 0.3 is 0 Å². The van der Waals surface area contributed by atoms with E-state index in [1.807, 2.05) is 12.1 Å². The fraction of sp³-hybridized carbons (Fsp3) is 0.217. The largest absolute Gasteiger partial charge is 0.493 e. The van der Waals surface area contributed by atoms with Gasteiger partial charge in [0.15, 0.2) is 11.3 Å². The Morgan fingerprint density at radius 2 is 1.79 bits per heavy atom. The molecule has 10 heteroatoms. The maximum Gasteiger partial charge on any atom is 0.269 e. The zero-order chi connectivity index (χ0) is 24.0. The molecule has 0 spiro atoms. The molecule has 3 rings (SSSR count). The van der Waals surface area contributed by atoms with Gasteiger partial charge < -0.3 is 9.15 Å². The number of ether oxygens (including phenoxy) is 1. The molecule has 0 saturated carbocycles. The number of amides is 2. The summed E-state index contributed by atoms with van der Waals surface area (Å²) in [7, 11) is -2.17. The molecule has 0 aliphatic rings. The normalized spacial score (nSPS) is 11.8. The molecule has 0 aliphatic heterocycles. The summed E-state index contributed by atoms with van der Waals surface area (Å²) >= 11 is 0. The van der Waals surface area contributed by atoms with Crippen LogP contribution in [0.15, 0.2) is 63.9 Å². The molecule has 0 fully saturated rings. The quantitative estimate of drug-likeness (QED) is 0.385. The van der Waals surface area contributed by atoms with Crippen molar-refractivity contribution in [2.24, 2.45) is 0 Å². The van der Waals surface area contributed by atoms with Gasteiger partial charge in [0.05, 0.1) is 12.0 Å². The monoisotopic (exact) mass is 471 g/mol. The number of hydrazine groups is 1. The van der Waals surface area contributed by atoms with E-state index in [-0.39, 0.29) is 10.5 Å². The first-order chi connectivity index (χ1) is 15.8. The van der Waals surface area contributed by atoms with E-state index >= 15 is 0 Å². The van der Waals surface area contributed by atoms with E-state index in [1.165, 1.54) is 47.8 Å². The van der Waals surface area contributed by atoms with Gasteiger partial charge in [0.2, 0.25) is 10.0 Å². The average molecular weight is 472 g/mol.